The zero-order chi connectivity index (χ0) is 0. The Morgan fingerprint density at radius 3 is 1.00 bits per heavy atom. The van der Waals surface area contributed by atoms with E-state index in [9.17, 15) is 0 Å². The first kappa shape index (κ1) is 45.3. The van der Waals surface area contributed by atoms with Crippen molar-refractivity contribution in [3.05, 3.63) is 0 Å². The molecule has 0 heterocycles. The third-order valence-electron chi connectivity index (χ3n) is 0. The molecule has 0 aliphatic carbocycles. The SMILES string of the molecule is [Al+3].[Cu+2].[O-2].[Zn+2]. The Morgan fingerprint density at radius 2 is 1.00 bits per heavy atom. The van der Waals surface area contributed by atoms with Crippen molar-refractivity contribution in [2.45, 2.75) is 0 Å². The molecule has 4 heavy (non-hydrogen) atoms. The van der Waals surface area contributed by atoms with Crippen molar-refractivity contribution in [2.24, 2.45) is 0 Å². The second-order valence-corrected chi connectivity index (χ2v) is 0. The molecule has 0 bridgehead atoms. The summed E-state index contributed by atoms with van der Waals surface area (Å²) in [6.07, 6.45) is 0. The van der Waals surface area contributed by atoms with Crippen molar-refractivity contribution in [2.75, 3.05) is 0 Å². The molecule has 0 aromatic rings. The molecule has 0 spiro atoms. The van der Waals surface area contributed by atoms with Gasteiger partial charge in [0.15, 0.2) is 0 Å². The molecule has 0 unspecified atom stereocenters. The molecule has 0 aliphatic rings. The molecule has 0 saturated heterocycles. The Kier molecular flexibility index (Phi) is 259. The van der Waals surface area contributed by atoms with Gasteiger partial charge in [-0.2, -0.15) is 0 Å². The Balaban J connectivity index is 0. The van der Waals surface area contributed by atoms with Gasteiger partial charge < -0.3 is 5.48 Å². The van der Waals surface area contributed by atoms with Crippen molar-refractivity contribution in [1.29, 1.82) is 0 Å². The zero-order valence-electron chi connectivity index (χ0n) is 1.99. The van der Waals surface area contributed by atoms with E-state index < -0.39 is 0 Å². The van der Waals surface area contributed by atoms with E-state index in [0.29, 0.717) is 0 Å². The van der Waals surface area contributed by atoms with Gasteiger partial charge in [-0.05, 0) is 0 Å². The third kappa shape index (κ3) is 9.44. The van der Waals surface area contributed by atoms with Gasteiger partial charge in [-0.25, -0.2) is 0 Å². The quantitative estimate of drug-likeness (QED) is 0.440. The zero-order valence-corrected chi connectivity index (χ0v) is 7.06. The Morgan fingerprint density at radius 1 is 1.00 bits per heavy atom. The maximum atomic E-state index is 0. The van der Waals surface area contributed by atoms with Gasteiger partial charge in [0.05, 0.1) is 0 Å². The summed E-state index contributed by atoms with van der Waals surface area (Å²) in [5.41, 5.74) is 0. The molecule has 0 atom stereocenters. The van der Waals surface area contributed by atoms with Gasteiger partial charge in [-0.1, -0.05) is 0 Å². The molecule has 0 fully saturated rings. The maximum Gasteiger partial charge on any atom is 3.00 e. The largest absolute Gasteiger partial charge is 3.00 e. The summed E-state index contributed by atoms with van der Waals surface area (Å²) in [6, 6.07) is 0. The normalized spacial score (nSPS) is 0. The Labute approximate surface area is 59.2 Å². The average molecular weight is 172 g/mol. The monoisotopic (exact) mass is 170 g/mol. The van der Waals surface area contributed by atoms with Crippen LogP contribution in [-0.4, -0.2) is 17.4 Å². The van der Waals surface area contributed by atoms with E-state index in [1.54, 1.807) is 0 Å². The van der Waals surface area contributed by atoms with E-state index in [-0.39, 0.29) is 59.4 Å². The van der Waals surface area contributed by atoms with Crippen molar-refractivity contribution in [3.63, 3.8) is 0 Å². The molecule has 17 valence electrons. The van der Waals surface area contributed by atoms with E-state index in [4.69, 9.17) is 0 Å². The van der Waals surface area contributed by atoms with E-state index in [0.717, 1.165) is 0 Å². The molecule has 0 aromatic heterocycles. The van der Waals surface area contributed by atoms with Crippen LogP contribution < -0.4 is 0 Å². The topological polar surface area (TPSA) is 28.5 Å². The first-order valence-corrected chi connectivity index (χ1v) is 0. The second-order valence-electron chi connectivity index (χ2n) is 0. The number of hydrogen-bond donors (Lipinski definition) is 0. The van der Waals surface area contributed by atoms with Gasteiger partial charge in [-0.3, -0.25) is 0 Å². The van der Waals surface area contributed by atoms with Crippen LogP contribution in [0.4, 0.5) is 0 Å². The molecular weight excluding hydrogens is 172 g/mol. The summed E-state index contributed by atoms with van der Waals surface area (Å²) in [5.74, 6) is 0. The molecule has 0 amide bonds. The van der Waals surface area contributed by atoms with Gasteiger partial charge in [-0.15, -0.1) is 0 Å². The standard InChI is InChI=1S/Al.Cu.O.Zn/q+3;+2;-2;+2. The number of hydrogen-bond acceptors (Lipinski definition) is 0. The smallest absolute Gasteiger partial charge is 2.00 e. The van der Waals surface area contributed by atoms with Crippen molar-refractivity contribution >= 4 is 17.4 Å². The van der Waals surface area contributed by atoms with Crippen molar-refractivity contribution < 1.29 is 42.0 Å². The summed E-state index contributed by atoms with van der Waals surface area (Å²) in [6.45, 7) is 0. The summed E-state index contributed by atoms with van der Waals surface area (Å²) in [4.78, 5) is 0. The summed E-state index contributed by atoms with van der Waals surface area (Å²) >= 11 is 0. The van der Waals surface area contributed by atoms with Crippen LogP contribution in [0.15, 0.2) is 0 Å². The minimum Gasteiger partial charge on any atom is -2.00 e. The van der Waals surface area contributed by atoms with Crippen LogP contribution in [0, 0.1) is 0 Å². The fraction of sp³-hybridized carbons (Fsp3) is 0. The summed E-state index contributed by atoms with van der Waals surface area (Å²) < 4.78 is 0. The van der Waals surface area contributed by atoms with Crippen molar-refractivity contribution in [3.8, 4) is 0 Å². The Bertz CT molecular complexity index is 8.00. The molecule has 0 aliphatic heterocycles. The van der Waals surface area contributed by atoms with Crippen LogP contribution in [0.5, 0.6) is 0 Å². The molecular formula is AlCuOZn+5. The third-order valence-corrected chi connectivity index (χ3v) is 0. The van der Waals surface area contributed by atoms with E-state index in [2.05, 4.69) is 0 Å². The van der Waals surface area contributed by atoms with Crippen LogP contribution in [-0.2, 0) is 42.0 Å². The van der Waals surface area contributed by atoms with Crippen LogP contribution in [0.1, 0.15) is 0 Å². The molecule has 0 aromatic carbocycles. The molecule has 4 heteroatoms. The van der Waals surface area contributed by atoms with Crippen LogP contribution in [0.3, 0.4) is 0 Å². The van der Waals surface area contributed by atoms with Gasteiger partial charge in [0, 0.05) is 0 Å². The van der Waals surface area contributed by atoms with Crippen LogP contribution in [0.2, 0.25) is 0 Å². The molecule has 0 N–H and O–H groups in total. The minimum absolute atomic E-state index is 0. The first-order chi connectivity index (χ1) is 0. The molecule has 0 saturated carbocycles. The second kappa shape index (κ2) is 22.9. The Hall–Kier alpha value is 1.64. The van der Waals surface area contributed by atoms with Gasteiger partial charge >= 0.3 is 53.9 Å². The van der Waals surface area contributed by atoms with Crippen molar-refractivity contribution in [1.82, 2.24) is 0 Å². The van der Waals surface area contributed by atoms with Crippen LogP contribution in [0.25, 0.3) is 0 Å². The predicted octanol–water partition coefficient (Wildman–Crippen LogP) is -0.505. The summed E-state index contributed by atoms with van der Waals surface area (Å²) in [5, 5.41) is 0. The molecule has 1 nitrogen and oxygen atoms in total. The summed E-state index contributed by atoms with van der Waals surface area (Å²) in [7, 11) is 0. The van der Waals surface area contributed by atoms with Gasteiger partial charge in [0.2, 0.25) is 0 Å². The minimum atomic E-state index is 0. The van der Waals surface area contributed by atoms with Crippen LogP contribution >= 0.6 is 0 Å². The average Bonchev–Trinajstić information content (AvgIpc) is 0. The predicted molar refractivity (Wildman–Crippen MR) is 6.44 cm³/mol. The van der Waals surface area contributed by atoms with E-state index in [1.807, 2.05) is 0 Å². The number of rotatable bonds is 0. The van der Waals surface area contributed by atoms with E-state index in [1.165, 1.54) is 0 Å². The molecule has 1 radical (unpaired) electrons. The van der Waals surface area contributed by atoms with E-state index >= 15 is 0 Å². The first-order valence-electron chi connectivity index (χ1n) is 0. The fourth-order valence-electron chi connectivity index (χ4n) is 0. The molecule has 0 rings (SSSR count). The van der Waals surface area contributed by atoms with Gasteiger partial charge in [0.1, 0.15) is 0 Å². The maximum absolute atomic E-state index is 0. The fourth-order valence-corrected chi connectivity index (χ4v) is 0. The van der Waals surface area contributed by atoms with Gasteiger partial charge in [0.25, 0.3) is 0 Å².